The van der Waals surface area contributed by atoms with Crippen molar-refractivity contribution in [2.75, 3.05) is 14.2 Å². The third kappa shape index (κ3) is 6.48. The standard InChI is InChI=1S/C44H44N2O2/c1-43(2,3)32-18-14-30(15-19-32)40-38(35-23-22-34(48-8)26-37(35)39-13-9-10-25-46-39)27-36(29-16-20-33(47-7)21-17-29)41(42(40)44(4,5)6)31-12-11-24-45-28-31/h9-28H,1-8H3. The number of pyridine rings is 2. The van der Waals surface area contributed by atoms with Crippen molar-refractivity contribution in [2.45, 2.75) is 52.4 Å². The zero-order valence-electron chi connectivity index (χ0n) is 29.3. The Kier molecular flexibility index (Phi) is 8.94. The van der Waals surface area contributed by atoms with Crippen LogP contribution in [0.5, 0.6) is 11.5 Å². The molecule has 0 saturated heterocycles. The number of nitrogens with zero attached hydrogens (tertiary/aromatic N) is 2. The molecule has 242 valence electrons. The van der Waals surface area contributed by atoms with Gasteiger partial charge in [0.1, 0.15) is 11.5 Å². The highest BCUT2D eigenvalue weighted by atomic mass is 16.5. The zero-order valence-corrected chi connectivity index (χ0v) is 29.3. The van der Waals surface area contributed by atoms with Gasteiger partial charge in [-0.25, -0.2) is 0 Å². The summed E-state index contributed by atoms with van der Waals surface area (Å²) in [5.41, 5.74) is 13.3. The van der Waals surface area contributed by atoms with Gasteiger partial charge in [0.2, 0.25) is 0 Å². The van der Waals surface area contributed by atoms with Crippen LogP contribution >= 0.6 is 0 Å². The van der Waals surface area contributed by atoms with Crippen molar-refractivity contribution in [1.82, 2.24) is 9.97 Å². The van der Waals surface area contributed by atoms with Crippen molar-refractivity contribution < 1.29 is 9.47 Å². The smallest absolute Gasteiger partial charge is 0.119 e. The zero-order chi connectivity index (χ0) is 34.1. The van der Waals surface area contributed by atoms with Crippen LogP contribution in [-0.4, -0.2) is 24.2 Å². The van der Waals surface area contributed by atoms with Crippen LogP contribution in [0.25, 0.3) is 55.8 Å². The molecule has 4 aromatic carbocycles. The van der Waals surface area contributed by atoms with Gasteiger partial charge in [-0.1, -0.05) is 90.1 Å². The quantitative estimate of drug-likeness (QED) is 0.176. The summed E-state index contributed by atoms with van der Waals surface area (Å²) in [6.45, 7) is 13.7. The first kappa shape index (κ1) is 32.7. The SMILES string of the molecule is COc1ccc(-c2cc(-c3ccc(OC)cc3-c3ccccn3)c(-c3ccc(C(C)(C)C)cc3)c(C(C)(C)C)c2-c2cccnc2)cc1. The first-order valence-corrected chi connectivity index (χ1v) is 16.5. The molecule has 2 heterocycles. The second kappa shape index (κ2) is 13.1. The van der Waals surface area contributed by atoms with Crippen molar-refractivity contribution in [1.29, 1.82) is 0 Å². The van der Waals surface area contributed by atoms with E-state index in [9.17, 15) is 0 Å². The van der Waals surface area contributed by atoms with E-state index in [0.29, 0.717) is 0 Å². The van der Waals surface area contributed by atoms with E-state index in [1.807, 2.05) is 55.0 Å². The number of rotatable bonds is 7. The number of methoxy groups -OCH3 is 2. The summed E-state index contributed by atoms with van der Waals surface area (Å²) >= 11 is 0. The van der Waals surface area contributed by atoms with Crippen molar-refractivity contribution in [2.24, 2.45) is 0 Å². The lowest BCUT2D eigenvalue weighted by molar-refractivity contribution is 0.415. The average Bonchev–Trinajstić information content (AvgIpc) is 3.10. The van der Waals surface area contributed by atoms with Crippen LogP contribution in [0.4, 0.5) is 0 Å². The molecule has 4 heteroatoms. The molecule has 0 spiro atoms. The van der Waals surface area contributed by atoms with E-state index < -0.39 is 0 Å². The topological polar surface area (TPSA) is 44.2 Å². The van der Waals surface area contributed by atoms with Crippen LogP contribution in [0.3, 0.4) is 0 Å². The Labute approximate surface area is 285 Å². The molecule has 6 aromatic rings. The van der Waals surface area contributed by atoms with E-state index >= 15 is 0 Å². The van der Waals surface area contributed by atoms with Crippen molar-refractivity contribution in [3.05, 3.63) is 133 Å². The molecule has 48 heavy (non-hydrogen) atoms. The molecule has 0 aliphatic carbocycles. The van der Waals surface area contributed by atoms with Gasteiger partial charge in [-0.3, -0.25) is 9.97 Å². The van der Waals surface area contributed by atoms with Gasteiger partial charge in [-0.05, 0) is 115 Å². The molecular formula is C44H44N2O2. The lowest BCUT2D eigenvalue weighted by Gasteiger charge is -2.32. The highest BCUT2D eigenvalue weighted by Gasteiger charge is 2.30. The fraction of sp³-hybridized carbons (Fsp3) is 0.227. The molecule has 0 fully saturated rings. The highest BCUT2D eigenvalue weighted by Crippen LogP contribution is 2.51. The minimum Gasteiger partial charge on any atom is -0.497 e. The van der Waals surface area contributed by atoms with Gasteiger partial charge in [-0.2, -0.15) is 0 Å². The Morgan fingerprint density at radius 2 is 1.17 bits per heavy atom. The van der Waals surface area contributed by atoms with E-state index in [-0.39, 0.29) is 10.8 Å². The average molecular weight is 633 g/mol. The van der Waals surface area contributed by atoms with E-state index in [4.69, 9.17) is 14.5 Å². The van der Waals surface area contributed by atoms with Gasteiger partial charge in [-0.15, -0.1) is 0 Å². The Hall–Kier alpha value is -5.22. The van der Waals surface area contributed by atoms with E-state index in [1.165, 1.54) is 22.3 Å². The molecule has 0 unspecified atom stereocenters. The van der Waals surface area contributed by atoms with Crippen LogP contribution in [0, 0.1) is 0 Å². The summed E-state index contributed by atoms with van der Waals surface area (Å²) in [5, 5.41) is 0. The van der Waals surface area contributed by atoms with Gasteiger partial charge >= 0.3 is 0 Å². The van der Waals surface area contributed by atoms with Crippen LogP contribution in [-0.2, 0) is 10.8 Å². The number of aromatic nitrogens is 2. The molecule has 0 aliphatic heterocycles. The first-order chi connectivity index (χ1) is 23.0. The van der Waals surface area contributed by atoms with Crippen LogP contribution in [0.15, 0.2) is 122 Å². The normalized spacial score (nSPS) is 11.8. The minimum absolute atomic E-state index is 0.0371. The molecule has 2 aromatic heterocycles. The summed E-state index contributed by atoms with van der Waals surface area (Å²) in [4.78, 5) is 9.41. The molecule has 0 amide bonds. The monoisotopic (exact) mass is 632 g/mol. The van der Waals surface area contributed by atoms with Crippen molar-refractivity contribution >= 4 is 0 Å². The molecule has 4 nitrogen and oxygen atoms in total. The van der Waals surface area contributed by atoms with Crippen LogP contribution in [0.2, 0.25) is 0 Å². The molecule has 6 rings (SSSR count). The van der Waals surface area contributed by atoms with Gasteiger partial charge in [0, 0.05) is 29.7 Å². The second-order valence-corrected chi connectivity index (χ2v) is 14.3. The molecule has 0 bridgehead atoms. The maximum atomic E-state index is 5.75. The number of ether oxygens (including phenoxy) is 2. The van der Waals surface area contributed by atoms with Crippen molar-refractivity contribution in [3.63, 3.8) is 0 Å². The Morgan fingerprint density at radius 3 is 1.75 bits per heavy atom. The van der Waals surface area contributed by atoms with E-state index in [0.717, 1.165) is 56.1 Å². The summed E-state index contributed by atoms with van der Waals surface area (Å²) in [6.07, 6.45) is 5.67. The maximum absolute atomic E-state index is 5.75. The van der Waals surface area contributed by atoms with Crippen LogP contribution < -0.4 is 9.47 Å². The lowest BCUT2D eigenvalue weighted by atomic mass is 9.72. The highest BCUT2D eigenvalue weighted by molar-refractivity contribution is 6.01. The van der Waals surface area contributed by atoms with E-state index in [2.05, 4.69) is 113 Å². The fourth-order valence-electron chi connectivity index (χ4n) is 6.51. The van der Waals surface area contributed by atoms with E-state index in [1.54, 1.807) is 14.2 Å². The van der Waals surface area contributed by atoms with Crippen LogP contribution in [0.1, 0.15) is 52.7 Å². The summed E-state index contributed by atoms with van der Waals surface area (Å²) in [5.74, 6) is 1.61. The second-order valence-electron chi connectivity index (χ2n) is 14.3. The summed E-state index contributed by atoms with van der Waals surface area (Å²) in [7, 11) is 3.41. The van der Waals surface area contributed by atoms with Gasteiger partial charge in [0.05, 0.1) is 19.9 Å². The number of hydrogen-bond acceptors (Lipinski definition) is 4. The Bertz CT molecular complexity index is 2020. The lowest BCUT2D eigenvalue weighted by Crippen LogP contribution is -2.17. The fourth-order valence-corrected chi connectivity index (χ4v) is 6.51. The minimum atomic E-state index is -0.252. The molecule has 0 atom stereocenters. The van der Waals surface area contributed by atoms with Gasteiger partial charge in [0.25, 0.3) is 0 Å². The number of benzene rings is 4. The largest absolute Gasteiger partial charge is 0.497 e. The summed E-state index contributed by atoms with van der Waals surface area (Å²) < 4.78 is 11.3. The Morgan fingerprint density at radius 1 is 0.500 bits per heavy atom. The van der Waals surface area contributed by atoms with Crippen molar-refractivity contribution in [3.8, 4) is 67.3 Å². The molecular weight excluding hydrogens is 588 g/mol. The molecule has 0 radical (unpaired) electrons. The third-order valence-electron chi connectivity index (χ3n) is 8.93. The number of hydrogen-bond donors (Lipinski definition) is 0. The molecule has 0 aliphatic rings. The van der Waals surface area contributed by atoms with Gasteiger partial charge < -0.3 is 9.47 Å². The van der Waals surface area contributed by atoms with Gasteiger partial charge in [0.15, 0.2) is 0 Å². The maximum Gasteiger partial charge on any atom is 0.119 e. The first-order valence-electron chi connectivity index (χ1n) is 16.5. The predicted octanol–water partition coefficient (Wildman–Crippen LogP) is 11.4. The molecule has 0 saturated carbocycles. The Balaban J connectivity index is 1.81. The summed E-state index contributed by atoms with van der Waals surface area (Å²) in [6, 6.07) is 36.4. The predicted molar refractivity (Wildman–Crippen MR) is 200 cm³/mol. The third-order valence-corrected chi connectivity index (χ3v) is 8.93. The molecule has 0 N–H and O–H groups in total.